The number of nitrogens with zero attached hydrogens (tertiary/aromatic N) is 1. The van der Waals surface area contributed by atoms with Gasteiger partial charge >= 0.3 is 0 Å². The fourth-order valence-corrected chi connectivity index (χ4v) is 3.96. The van der Waals surface area contributed by atoms with Crippen LogP contribution in [0.15, 0.2) is 59.8 Å². The highest BCUT2D eigenvalue weighted by atomic mass is 35.5. The Kier molecular flexibility index (Phi) is 10.1. The molecule has 0 atom stereocenters. The minimum absolute atomic E-state index is 0.0314. The minimum Gasteiger partial charge on any atom is -0.337 e. The SMILES string of the molecule is CCC/C=C/N=C(/Nc1cccc(Cl)c1F)c1c(C)ccc(NC(=O)/C=C/CNC2CCC2)c1C. The average Bonchev–Trinajstić information content (AvgIpc) is 2.80. The molecule has 3 rings (SSSR count). The Morgan fingerprint density at radius 3 is 2.66 bits per heavy atom. The summed E-state index contributed by atoms with van der Waals surface area (Å²) in [4.78, 5) is 17.1. The standard InChI is InChI=1S/C28H34ClFN4O/c1-4-5-6-17-32-28(34-24-13-8-12-22(29)27(24)30)26-19(2)15-16-23(20(26)3)33-25(35)14-9-18-31-21-10-7-11-21/h6,8-9,12-17,21,31H,4-5,7,10-11,18H2,1-3H3,(H,32,34)(H,33,35)/b14-9+,17-6+. The highest BCUT2D eigenvalue weighted by Gasteiger charge is 2.17. The first-order valence-electron chi connectivity index (χ1n) is 12.2. The second kappa shape index (κ2) is 13.2. The van der Waals surface area contributed by atoms with Crippen LogP contribution in [0.25, 0.3) is 0 Å². The lowest BCUT2D eigenvalue weighted by Crippen LogP contribution is -2.35. The summed E-state index contributed by atoms with van der Waals surface area (Å²) in [5.41, 5.74) is 3.47. The maximum Gasteiger partial charge on any atom is 0.248 e. The van der Waals surface area contributed by atoms with Gasteiger partial charge in [0, 0.05) is 36.1 Å². The number of rotatable bonds is 10. The van der Waals surface area contributed by atoms with Crippen LogP contribution in [0.2, 0.25) is 5.02 Å². The summed E-state index contributed by atoms with van der Waals surface area (Å²) in [6.07, 6.45) is 12.6. The number of halogens is 2. The van der Waals surface area contributed by atoms with Crippen molar-refractivity contribution in [2.24, 2.45) is 4.99 Å². The number of amides is 1. The molecular weight excluding hydrogens is 463 g/mol. The lowest BCUT2D eigenvalue weighted by Gasteiger charge is -2.25. The van der Waals surface area contributed by atoms with Crippen molar-refractivity contribution in [3.05, 3.63) is 82.3 Å². The summed E-state index contributed by atoms with van der Waals surface area (Å²) in [6.45, 7) is 6.64. The van der Waals surface area contributed by atoms with E-state index in [4.69, 9.17) is 11.6 Å². The van der Waals surface area contributed by atoms with Crippen molar-refractivity contribution >= 4 is 34.7 Å². The van der Waals surface area contributed by atoms with Gasteiger partial charge in [0.05, 0.1) is 10.7 Å². The zero-order chi connectivity index (χ0) is 25.2. The molecular formula is C28H34ClFN4O. The van der Waals surface area contributed by atoms with Crippen LogP contribution >= 0.6 is 11.6 Å². The van der Waals surface area contributed by atoms with E-state index in [9.17, 15) is 9.18 Å². The molecule has 35 heavy (non-hydrogen) atoms. The van der Waals surface area contributed by atoms with Gasteiger partial charge in [-0.15, -0.1) is 0 Å². The number of benzene rings is 2. The number of anilines is 2. The molecule has 5 nitrogen and oxygen atoms in total. The van der Waals surface area contributed by atoms with Gasteiger partial charge in [-0.2, -0.15) is 0 Å². The molecule has 2 aromatic carbocycles. The number of hydrogen-bond donors (Lipinski definition) is 3. The van der Waals surface area contributed by atoms with E-state index < -0.39 is 5.82 Å². The predicted molar refractivity (Wildman–Crippen MR) is 145 cm³/mol. The van der Waals surface area contributed by atoms with E-state index in [0.717, 1.165) is 29.5 Å². The van der Waals surface area contributed by atoms with Crippen molar-refractivity contribution in [3.63, 3.8) is 0 Å². The third-order valence-electron chi connectivity index (χ3n) is 6.04. The summed E-state index contributed by atoms with van der Waals surface area (Å²) in [5.74, 6) is -0.266. The molecule has 0 saturated heterocycles. The molecule has 3 N–H and O–H groups in total. The Labute approximate surface area is 212 Å². The second-order valence-electron chi connectivity index (χ2n) is 8.74. The summed E-state index contributed by atoms with van der Waals surface area (Å²) in [6, 6.07) is 9.16. The topological polar surface area (TPSA) is 65.5 Å². The van der Waals surface area contributed by atoms with Gasteiger partial charge < -0.3 is 16.0 Å². The van der Waals surface area contributed by atoms with E-state index in [1.807, 2.05) is 38.1 Å². The summed E-state index contributed by atoms with van der Waals surface area (Å²) in [5, 5.41) is 9.51. The molecule has 0 bridgehead atoms. The van der Waals surface area contributed by atoms with Crippen molar-refractivity contribution in [2.75, 3.05) is 17.2 Å². The van der Waals surface area contributed by atoms with E-state index in [1.165, 1.54) is 25.3 Å². The maximum absolute atomic E-state index is 14.7. The van der Waals surface area contributed by atoms with Crippen LogP contribution in [-0.2, 0) is 4.79 Å². The van der Waals surface area contributed by atoms with Crippen molar-refractivity contribution in [1.29, 1.82) is 0 Å². The maximum atomic E-state index is 14.7. The molecule has 0 unspecified atom stereocenters. The van der Waals surface area contributed by atoms with Gasteiger partial charge in [-0.1, -0.05) is 55.7 Å². The first kappa shape index (κ1) is 26.6. The van der Waals surface area contributed by atoms with Crippen LogP contribution in [0, 0.1) is 19.7 Å². The Balaban J connectivity index is 1.84. The van der Waals surface area contributed by atoms with Crippen LogP contribution in [0.4, 0.5) is 15.8 Å². The van der Waals surface area contributed by atoms with Crippen molar-refractivity contribution in [2.45, 2.75) is 58.9 Å². The molecule has 0 aromatic heterocycles. The Hall–Kier alpha value is -2.96. The third-order valence-corrected chi connectivity index (χ3v) is 6.33. The number of hydrogen-bond acceptors (Lipinski definition) is 3. The number of carbonyl (C=O) groups excluding carboxylic acids is 1. The normalized spacial score (nSPS) is 14.5. The largest absolute Gasteiger partial charge is 0.337 e. The minimum atomic E-state index is -0.542. The molecule has 0 radical (unpaired) electrons. The van der Waals surface area contributed by atoms with Gasteiger partial charge in [0.25, 0.3) is 0 Å². The number of aryl methyl sites for hydroxylation is 1. The Morgan fingerprint density at radius 1 is 1.14 bits per heavy atom. The third kappa shape index (κ3) is 7.51. The quantitative estimate of drug-likeness (QED) is 0.190. The van der Waals surface area contributed by atoms with Crippen LogP contribution in [-0.4, -0.2) is 24.3 Å². The molecule has 2 aromatic rings. The lowest BCUT2D eigenvalue weighted by atomic mass is 9.93. The van der Waals surface area contributed by atoms with Crippen LogP contribution in [0.5, 0.6) is 0 Å². The molecule has 0 spiro atoms. The highest BCUT2D eigenvalue weighted by molar-refractivity contribution is 6.31. The summed E-state index contributed by atoms with van der Waals surface area (Å²) in [7, 11) is 0. The zero-order valence-corrected chi connectivity index (χ0v) is 21.4. The van der Waals surface area contributed by atoms with Gasteiger partial charge in [0.15, 0.2) is 5.82 Å². The first-order valence-corrected chi connectivity index (χ1v) is 12.5. The molecule has 1 aliphatic rings. The smallest absolute Gasteiger partial charge is 0.248 e. The van der Waals surface area contributed by atoms with E-state index in [-0.39, 0.29) is 16.6 Å². The Morgan fingerprint density at radius 2 is 1.94 bits per heavy atom. The number of allylic oxidation sites excluding steroid dienone is 1. The fraction of sp³-hybridized carbons (Fsp3) is 0.357. The predicted octanol–water partition coefficient (Wildman–Crippen LogP) is 6.91. The van der Waals surface area contributed by atoms with E-state index >= 15 is 0 Å². The van der Waals surface area contributed by atoms with Gasteiger partial charge in [-0.05, 0) is 62.4 Å². The van der Waals surface area contributed by atoms with E-state index in [2.05, 4.69) is 27.9 Å². The van der Waals surface area contributed by atoms with Gasteiger partial charge in [0.2, 0.25) is 5.91 Å². The molecule has 1 fully saturated rings. The number of unbranched alkanes of at least 4 members (excludes halogenated alkanes) is 1. The van der Waals surface area contributed by atoms with Crippen LogP contribution in [0.1, 0.15) is 55.7 Å². The van der Waals surface area contributed by atoms with Gasteiger partial charge in [0.1, 0.15) is 5.84 Å². The molecule has 0 heterocycles. The molecule has 0 aliphatic heterocycles. The van der Waals surface area contributed by atoms with Crippen molar-refractivity contribution < 1.29 is 9.18 Å². The molecule has 1 aliphatic carbocycles. The highest BCUT2D eigenvalue weighted by Crippen LogP contribution is 2.27. The van der Waals surface area contributed by atoms with Gasteiger partial charge in [-0.3, -0.25) is 4.79 Å². The monoisotopic (exact) mass is 496 g/mol. The fourth-order valence-electron chi connectivity index (χ4n) is 3.79. The zero-order valence-electron chi connectivity index (χ0n) is 20.6. The number of carbonyl (C=O) groups is 1. The average molecular weight is 497 g/mol. The molecule has 1 saturated carbocycles. The molecule has 1 amide bonds. The van der Waals surface area contributed by atoms with E-state index in [1.54, 1.807) is 24.4 Å². The number of aliphatic imine (C=N–C) groups is 1. The number of amidine groups is 1. The molecule has 7 heteroatoms. The van der Waals surface area contributed by atoms with Crippen LogP contribution in [0.3, 0.4) is 0 Å². The van der Waals surface area contributed by atoms with Gasteiger partial charge in [-0.25, -0.2) is 9.38 Å². The first-order chi connectivity index (χ1) is 16.9. The molecule has 186 valence electrons. The number of nitrogens with one attached hydrogen (secondary N) is 3. The summed E-state index contributed by atoms with van der Waals surface area (Å²) < 4.78 is 14.7. The van der Waals surface area contributed by atoms with Crippen LogP contribution < -0.4 is 16.0 Å². The summed E-state index contributed by atoms with van der Waals surface area (Å²) >= 11 is 5.99. The van der Waals surface area contributed by atoms with E-state index in [0.29, 0.717) is 24.1 Å². The van der Waals surface area contributed by atoms with Crippen molar-refractivity contribution in [3.8, 4) is 0 Å². The Bertz CT molecular complexity index is 1120. The second-order valence-corrected chi connectivity index (χ2v) is 9.14. The van der Waals surface area contributed by atoms with Crippen molar-refractivity contribution in [1.82, 2.24) is 5.32 Å². The lowest BCUT2D eigenvalue weighted by molar-refractivity contribution is -0.111.